The largest absolute Gasteiger partial charge is 0.494 e. The smallest absolute Gasteiger partial charge is 0.222 e. The van der Waals surface area contributed by atoms with Crippen LogP contribution in [0.5, 0.6) is 5.75 Å². The molecule has 0 aliphatic heterocycles. The third-order valence-electron chi connectivity index (χ3n) is 2.54. The van der Waals surface area contributed by atoms with Gasteiger partial charge < -0.3 is 10.1 Å². The number of rotatable bonds is 4. The number of nitrogens with one attached hydrogen (secondary N) is 1. The van der Waals surface area contributed by atoms with Gasteiger partial charge in [0.1, 0.15) is 5.82 Å². The Balaban J connectivity index is 2.38. The van der Waals surface area contributed by atoms with E-state index in [1.54, 1.807) is 0 Å². The molecule has 2 rings (SSSR count). The van der Waals surface area contributed by atoms with E-state index in [1.807, 2.05) is 6.92 Å². The zero-order valence-electron chi connectivity index (χ0n) is 10.6. The first-order valence-electron chi connectivity index (χ1n) is 5.75. The van der Waals surface area contributed by atoms with E-state index in [1.165, 1.54) is 19.5 Å². The van der Waals surface area contributed by atoms with Crippen LogP contribution in [0.1, 0.15) is 6.92 Å². The Morgan fingerprint density at radius 1 is 1.16 bits per heavy atom. The Hall–Kier alpha value is -2.24. The van der Waals surface area contributed by atoms with Crippen molar-refractivity contribution in [2.75, 3.05) is 19.0 Å². The minimum Gasteiger partial charge on any atom is -0.494 e. The summed E-state index contributed by atoms with van der Waals surface area (Å²) in [5.41, 5.74) is 0.502. The SMILES string of the molecule is CCNc1ncc(-c2cc(F)c(OC)cc2F)cn1. The molecule has 4 nitrogen and oxygen atoms in total. The molecule has 0 saturated heterocycles. The lowest BCUT2D eigenvalue weighted by atomic mass is 10.1. The van der Waals surface area contributed by atoms with E-state index in [4.69, 9.17) is 4.74 Å². The number of aromatic nitrogens is 2. The standard InChI is InChI=1S/C13H13F2N3O/c1-3-16-13-17-6-8(7-18-13)9-4-11(15)12(19-2)5-10(9)14/h4-7H,3H2,1-2H3,(H,16,17,18). The van der Waals surface area contributed by atoms with Gasteiger partial charge in [0.15, 0.2) is 11.6 Å². The molecule has 1 aromatic carbocycles. The van der Waals surface area contributed by atoms with Gasteiger partial charge in [-0.15, -0.1) is 0 Å². The highest BCUT2D eigenvalue weighted by atomic mass is 19.1. The van der Waals surface area contributed by atoms with E-state index < -0.39 is 11.6 Å². The number of methoxy groups -OCH3 is 1. The molecular weight excluding hydrogens is 252 g/mol. The second-order valence-electron chi connectivity index (χ2n) is 3.79. The molecule has 1 heterocycles. The van der Waals surface area contributed by atoms with Gasteiger partial charge >= 0.3 is 0 Å². The first-order valence-corrected chi connectivity index (χ1v) is 5.75. The Bertz CT molecular complexity index is 573. The summed E-state index contributed by atoms with van der Waals surface area (Å²) >= 11 is 0. The van der Waals surface area contributed by atoms with Gasteiger partial charge in [0.05, 0.1) is 7.11 Å². The predicted octanol–water partition coefficient (Wildman–Crippen LogP) is 2.86. The second-order valence-corrected chi connectivity index (χ2v) is 3.79. The Morgan fingerprint density at radius 2 is 1.84 bits per heavy atom. The van der Waals surface area contributed by atoms with Crippen molar-refractivity contribution in [2.24, 2.45) is 0 Å². The topological polar surface area (TPSA) is 47.0 Å². The van der Waals surface area contributed by atoms with Crippen LogP contribution in [0.15, 0.2) is 24.5 Å². The quantitative estimate of drug-likeness (QED) is 0.923. The average Bonchev–Trinajstić information content (AvgIpc) is 2.42. The van der Waals surface area contributed by atoms with Crippen molar-refractivity contribution < 1.29 is 13.5 Å². The van der Waals surface area contributed by atoms with E-state index in [0.29, 0.717) is 18.1 Å². The highest BCUT2D eigenvalue weighted by molar-refractivity contribution is 5.64. The number of halogens is 2. The molecule has 100 valence electrons. The highest BCUT2D eigenvalue weighted by Crippen LogP contribution is 2.28. The average molecular weight is 265 g/mol. The lowest BCUT2D eigenvalue weighted by Crippen LogP contribution is -2.01. The summed E-state index contributed by atoms with van der Waals surface area (Å²) in [4.78, 5) is 8.03. The first-order chi connectivity index (χ1) is 9.15. The predicted molar refractivity (Wildman–Crippen MR) is 68.1 cm³/mol. The van der Waals surface area contributed by atoms with E-state index in [9.17, 15) is 8.78 Å². The Kier molecular flexibility index (Phi) is 3.89. The molecule has 19 heavy (non-hydrogen) atoms. The molecular formula is C13H13F2N3O. The Morgan fingerprint density at radius 3 is 2.42 bits per heavy atom. The van der Waals surface area contributed by atoms with Gasteiger partial charge in [0, 0.05) is 36.1 Å². The molecule has 0 atom stereocenters. The number of anilines is 1. The fourth-order valence-electron chi connectivity index (χ4n) is 1.62. The molecule has 0 radical (unpaired) electrons. The van der Waals surface area contributed by atoms with E-state index >= 15 is 0 Å². The van der Waals surface area contributed by atoms with Crippen LogP contribution < -0.4 is 10.1 Å². The van der Waals surface area contributed by atoms with Crippen molar-refractivity contribution in [1.29, 1.82) is 0 Å². The van der Waals surface area contributed by atoms with Gasteiger partial charge in [-0.25, -0.2) is 18.7 Å². The third-order valence-corrected chi connectivity index (χ3v) is 2.54. The normalized spacial score (nSPS) is 10.3. The molecule has 0 amide bonds. The number of hydrogen-bond acceptors (Lipinski definition) is 4. The zero-order chi connectivity index (χ0) is 13.8. The second kappa shape index (κ2) is 5.60. The van der Waals surface area contributed by atoms with Gasteiger partial charge in [0.25, 0.3) is 0 Å². The van der Waals surface area contributed by atoms with Crippen molar-refractivity contribution in [3.8, 4) is 16.9 Å². The van der Waals surface area contributed by atoms with E-state index in [-0.39, 0.29) is 11.3 Å². The molecule has 0 bridgehead atoms. The number of benzene rings is 1. The maximum atomic E-state index is 13.8. The van der Waals surface area contributed by atoms with Crippen molar-refractivity contribution >= 4 is 5.95 Å². The molecule has 0 fully saturated rings. The molecule has 2 aromatic rings. The van der Waals surface area contributed by atoms with Gasteiger partial charge in [-0.1, -0.05) is 0 Å². The van der Waals surface area contributed by atoms with E-state index in [0.717, 1.165) is 12.1 Å². The summed E-state index contributed by atoms with van der Waals surface area (Å²) < 4.78 is 32.1. The van der Waals surface area contributed by atoms with Crippen LogP contribution in [-0.4, -0.2) is 23.6 Å². The molecule has 1 aromatic heterocycles. The van der Waals surface area contributed by atoms with Crippen LogP contribution in [-0.2, 0) is 0 Å². The van der Waals surface area contributed by atoms with Crippen LogP contribution in [0.2, 0.25) is 0 Å². The third kappa shape index (κ3) is 2.78. The number of hydrogen-bond donors (Lipinski definition) is 1. The van der Waals surface area contributed by atoms with Gasteiger partial charge in [-0.2, -0.15) is 0 Å². The summed E-state index contributed by atoms with van der Waals surface area (Å²) in [6, 6.07) is 2.07. The summed E-state index contributed by atoms with van der Waals surface area (Å²) in [6.45, 7) is 2.60. The van der Waals surface area contributed by atoms with Gasteiger partial charge in [-0.3, -0.25) is 0 Å². The summed E-state index contributed by atoms with van der Waals surface area (Å²) in [5, 5.41) is 2.92. The van der Waals surface area contributed by atoms with Crippen molar-refractivity contribution in [3.05, 3.63) is 36.2 Å². The minimum absolute atomic E-state index is 0.0985. The van der Waals surface area contributed by atoms with Gasteiger partial charge in [0.2, 0.25) is 5.95 Å². The van der Waals surface area contributed by atoms with Crippen LogP contribution in [0, 0.1) is 11.6 Å². The fourth-order valence-corrected chi connectivity index (χ4v) is 1.62. The molecule has 0 spiro atoms. The van der Waals surface area contributed by atoms with Crippen molar-refractivity contribution in [3.63, 3.8) is 0 Å². The molecule has 0 aliphatic rings. The monoisotopic (exact) mass is 265 g/mol. The molecule has 1 N–H and O–H groups in total. The fraction of sp³-hybridized carbons (Fsp3) is 0.231. The van der Waals surface area contributed by atoms with Crippen molar-refractivity contribution in [1.82, 2.24) is 9.97 Å². The summed E-state index contributed by atoms with van der Waals surface area (Å²) in [7, 11) is 1.28. The maximum Gasteiger partial charge on any atom is 0.222 e. The summed E-state index contributed by atoms with van der Waals surface area (Å²) in [5.74, 6) is -0.903. The molecule has 6 heteroatoms. The molecule has 0 unspecified atom stereocenters. The lowest BCUT2D eigenvalue weighted by molar-refractivity contribution is 0.383. The van der Waals surface area contributed by atoms with Crippen LogP contribution in [0.3, 0.4) is 0 Å². The maximum absolute atomic E-state index is 13.8. The van der Waals surface area contributed by atoms with Gasteiger partial charge in [-0.05, 0) is 13.0 Å². The summed E-state index contributed by atoms with van der Waals surface area (Å²) in [6.07, 6.45) is 2.88. The van der Waals surface area contributed by atoms with Crippen LogP contribution in [0.4, 0.5) is 14.7 Å². The zero-order valence-corrected chi connectivity index (χ0v) is 10.6. The lowest BCUT2D eigenvalue weighted by Gasteiger charge is -2.07. The van der Waals surface area contributed by atoms with Crippen LogP contribution >= 0.6 is 0 Å². The number of nitrogens with zero attached hydrogens (tertiary/aromatic N) is 2. The molecule has 0 saturated carbocycles. The Labute approximate surface area is 109 Å². The first kappa shape index (κ1) is 13.2. The molecule has 0 aliphatic carbocycles. The van der Waals surface area contributed by atoms with Crippen LogP contribution in [0.25, 0.3) is 11.1 Å². The van der Waals surface area contributed by atoms with E-state index in [2.05, 4.69) is 15.3 Å². The highest BCUT2D eigenvalue weighted by Gasteiger charge is 2.12. The number of ether oxygens (including phenoxy) is 1. The minimum atomic E-state index is -0.630. The van der Waals surface area contributed by atoms with Crippen molar-refractivity contribution in [2.45, 2.75) is 6.92 Å².